The number of halogens is 2. The summed E-state index contributed by atoms with van der Waals surface area (Å²) in [5.41, 5.74) is 2.96. The first-order valence-corrected chi connectivity index (χ1v) is 10.5. The Bertz CT molecular complexity index is 1120. The quantitative estimate of drug-likeness (QED) is 0.511. The molecule has 0 saturated carbocycles. The van der Waals surface area contributed by atoms with E-state index in [0.717, 1.165) is 16.0 Å². The smallest absolute Gasteiger partial charge is 0.278 e. The number of benzene rings is 2. The highest BCUT2D eigenvalue weighted by atomic mass is 35.5. The fraction of sp³-hybridized carbons (Fsp3) is 0.0909. The van der Waals surface area contributed by atoms with Gasteiger partial charge in [0.2, 0.25) is 0 Å². The van der Waals surface area contributed by atoms with Crippen LogP contribution in [0.4, 0.5) is 5.69 Å². The van der Waals surface area contributed by atoms with Crippen molar-refractivity contribution in [3.8, 4) is 0 Å². The Balaban J connectivity index is 1.72. The highest BCUT2D eigenvalue weighted by Crippen LogP contribution is 2.35. The molecule has 0 fully saturated rings. The summed E-state index contributed by atoms with van der Waals surface area (Å²) in [6, 6.07) is 16.2. The average Bonchev–Trinajstić information content (AvgIpc) is 3.30. The van der Waals surface area contributed by atoms with Crippen LogP contribution in [0, 0.1) is 6.92 Å². The van der Waals surface area contributed by atoms with Crippen LogP contribution in [-0.2, 0) is 16.1 Å². The third-order valence-electron chi connectivity index (χ3n) is 4.72. The first-order chi connectivity index (χ1) is 14.0. The highest BCUT2D eigenvalue weighted by molar-refractivity contribution is 7.11. The minimum absolute atomic E-state index is 0.170. The van der Waals surface area contributed by atoms with Crippen LogP contribution in [0.3, 0.4) is 0 Å². The van der Waals surface area contributed by atoms with Crippen molar-refractivity contribution >= 4 is 57.6 Å². The van der Waals surface area contributed by atoms with Gasteiger partial charge >= 0.3 is 0 Å². The molecule has 1 aliphatic heterocycles. The molecule has 2 amide bonds. The Morgan fingerprint density at radius 1 is 0.966 bits per heavy atom. The van der Waals surface area contributed by atoms with E-state index in [-0.39, 0.29) is 24.1 Å². The summed E-state index contributed by atoms with van der Waals surface area (Å²) in [7, 11) is 0. The number of rotatable bonds is 5. The lowest BCUT2D eigenvalue weighted by molar-refractivity contribution is -0.137. The Morgan fingerprint density at radius 2 is 1.72 bits per heavy atom. The van der Waals surface area contributed by atoms with E-state index in [1.807, 2.05) is 30.5 Å². The molecule has 0 bridgehead atoms. The third kappa shape index (κ3) is 3.81. The Morgan fingerprint density at radius 3 is 2.41 bits per heavy atom. The van der Waals surface area contributed by atoms with Gasteiger partial charge in [-0.25, -0.2) is 0 Å². The monoisotopic (exact) mass is 442 g/mol. The second kappa shape index (κ2) is 8.03. The van der Waals surface area contributed by atoms with Crippen LogP contribution in [0.5, 0.6) is 0 Å². The number of hydrogen-bond acceptors (Lipinski definition) is 4. The largest absolute Gasteiger partial charge is 0.350 e. The van der Waals surface area contributed by atoms with Crippen LogP contribution >= 0.6 is 34.5 Å². The van der Waals surface area contributed by atoms with Crippen molar-refractivity contribution in [3.63, 3.8) is 0 Å². The van der Waals surface area contributed by atoms with Crippen molar-refractivity contribution in [1.82, 2.24) is 4.90 Å². The minimum atomic E-state index is -0.368. The summed E-state index contributed by atoms with van der Waals surface area (Å²) in [6.07, 6.45) is 0. The maximum atomic E-state index is 13.2. The van der Waals surface area contributed by atoms with E-state index in [4.69, 9.17) is 23.2 Å². The number of thiophene rings is 1. The van der Waals surface area contributed by atoms with E-state index in [1.165, 1.54) is 16.2 Å². The molecule has 1 N–H and O–H groups in total. The van der Waals surface area contributed by atoms with Crippen molar-refractivity contribution in [2.24, 2.45) is 0 Å². The standard InChI is InChI=1S/C22H16Cl2N2O2S/c1-13-16(24)4-2-5-17(13)25-20-19(18-6-3-11-29-18)21(27)26(22(20)28)12-14-7-9-15(23)10-8-14/h2-11,25H,12H2,1H3. The fourth-order valence-electron chi connectivity index (χ4n) is 3.13. The minimum Gasteiger partial charge on any atom is -0.350 e. The summed E-state index contributed by atoms with van der Waals surface area (Å²) >= 11 is 13.6. The van der Waals surface area contributed by atoms with Crippen LogP contribution in [0.25, 0.3) is 5.57 Å². The lowest BCUT2D eigenvalue weighted by Crippen LogP contribution is -2.32. The van der Waals surface area contributed by atoms with Crippen LogP contribution in [-0.4, -0.2) is 16.7 Å². The maximum absolute atomic E-state index is 13.2. The molecule has 146 valence electrons. The molecule has 1 aliphatic rings. The molecule has 0 saturated heterocycles. The van der Waals surface area contributed by atoms with E-state index in [1.54, 1.807) is 36.4 Å². The lowest BCUT2D eigenvalue weighted by Gasteiger charge is -2.16. The molecule has 29 heavy (non-hydrogen) atoms. The normalized spacial score (nSPS) is 14.1. The third-order valence-corrected chi connectivity index (χ3v) is 6.27. The van der Waals surface area contributed by atoms with Crippen LogP contribution in [0.15, 0.2) is 65.7 Å². The van der Waals surface area contributed by atoms with Gasteiger partial charge in [0, 0.05) is 20.6 Å². The average molecular weight is 443 g/mol. The van der Waals surface area contributed by atoms with E-state index in [0.29, 0.717) is 21.3 Å². The summed E-state index contributed by atoms with van der Waals surface area (Å²) in [5.74, 6) is -0.692. The number of anilines is 1. The molecule has 1 aromatic heterocycles. The van der Waals surface area contributed by atoms with Crippen molar-refractivity contribution < 1.29 is 9.59 Å². The number of nitrogens with one attached hydrogen (secondary N) is 1. The van der Waals surface area contributed by atoms with Crippen LogP contribution < -0.4 is 5.32 Å². The summed E-state index contributed by atoms with van der Waals surface area (Å²) in [6.45, 7) is 2.03. The molecule has 7 heteroatoms. The van der Waals surface area contributed by atoms with Crippen molar-refractivity contribution in [1.29, 1.82) is 0 Å². The number of carbonyl (C=O) groups excluding carboxylic acids is 2. The van der Waals surface area contributed by atoms with E-state index in [2.05, 4.69) is 5.32 Å². The molecule has 4 nitrogen and oxygen atoms in total. The molecular formula is C22H16Cl2N2O2S. The SMILES string of the molecule is Cc1c(Cl)cccc1NC1=C(c2cccs2)C(=O)N(Cc2ccc(Cl)cc2)C1=O. The second-order valence-electron chi connectivity index (χ2n) is 6.59. The van der Waals surface area contributed by atoms with Crippen LogP contribution in [0.2, 0.25) is 10.0 Å². The summed E-state index contributed by atoms with van der Waals surface area (Å²) in [5, 5.41) is 6.23. The van der Waals surface area contributed by atoms with Crippen molar-refractivity contribution in [2.75, 3.05) is 5.32 Å². The first-order valence-electron chi connectivity index (χ1n) is 8.86. The van der Waals surface area contributed by atoms with Gasteiger partial charge in [-0.15, -0.1) is 11.3 Å². The first kappa shape index (κ1) is 19.7. The molecule has 0 spiro atoms. The maximum Gasteiger partial charge on any atom is 0.278 e. The van der Waals surface area contributed by atoms with Gasteiger partial charge in [-0.1, -0.05) is 47.5 Å². The van der Waals surface area contributed by atoms with Crippen molar-refractivity contribution in [3.05, 3.63) is 91.7 Å². The number of nitrogens with zero attached hydrogens (tertiary/aromatic N) is 1. The second-order valence-corrected chi connectivity index (χ2v) is 8.38. The number of amides is 2. The van der Waals surface area contributed by atoms with E-state index < -0.39 is 0 Å². The van der Waals surface area contributed by atoms with Crippen molar-refractivity contribution in [2.45, 2.75) is 13.5 Å². The Labute approximate surface area is 182 Å². The number of carbonyl (C=O) groups is 2. The van der Waals surface area contributed by atoms with Gasteiger partial charge in [0.25, 0.3) is 11.8 Å². The predicted molar refractivity (Wildman–Crippen MR) is 118 cm³/mol. The lowest BCUT2D eigenvalue weighted by atomic mass is 10.1. The molecule has 4 rings (SSSR count). The van der Waals surface area contributed by atoms with Gasteiger partial charge in [-0.05, 0) is 53.8 Å². The molecule has 3 aromatic rings. The zero-order chi connectivity index (χ0) is 20.5. The highest BCUT2D eigenvalue weighted by Gasteiger charge is 2.39. The molecule has 0 atom stereocenters. The summed E-state index contributed by atoms with van der Waals surface area (Å²) in [4.78, 5) is 28.4. The number of imide groups is 1. The van der Waals surface area contributed by atoms with Gasteiger partial charge in [0.15, 0.2) is 0 Å². The van der Waals surface area contributed by atoms with Gasteiger partial charge in [-0.3, -0.25) is 14.5 Å². The molecule has 0 radical (unpaired) electrons. The van der Waals surface area contributed by atoms with Crippen LogP contribution in [0.1, 0.15) is 16.0 Å². The topological polar surface area (TPSA) is 49.4 Å². The fourth-order valence-corrected chi connectivity index (χ4v) is 4.20. The molecule has 2 heterocycles. The Kier molecular flexibility index (Phi) is 5.46. The van der Waals surface area contributed by atoms with Gasteiger partial charge in [0.1, 0.15) is 5.70 Å². The summed E-state index contributed by atoms with van der Waals surface area (Å²) < 4.78 is 0. The molecule has 0 unspecified atom stereocenters. The van der Waals surface area contributed by atoms with Gasteiger partial charge in [-0.2, -0.15) is 0 Å². The van der Waals surface area contributed by atoms with E-state index >= 15 is 0 Å². The molecule has 2 aromatic carbocycles. The van der Waals surface area contributed by atoms with Gasteiger partial charge < -0.3 is 5.32 Å². The zero-order valence-electron chi connectivity index (χ0n) is 15.4. The molecular weight excluding hydrogens is 427 g/mol. The van der Waals surface area contributed by atoms with E-state index in [9.17, 15) is 9.59 Å². The Hall–Kier alpha value is -2.60. The zero-order valence-corrected chi connectivity index (χ0v) is 17.7. The number of hydrogen-bond donors (Lipinski definition) is 1. The van der Waals surface area contributed by atoms with Gasteiger partial charge in [0.05, 0.1) is 12.1 Å². The predicted octanol–water partition coefficient (Wildman–Crippen LogP) is 5.76. The molecule has 0 aliphatic carbocycles.